The summed E-state index contributed by atoms with van der Waals surface area (Å²) in [6.45, 7) is 4.15. The number of nitrogens with one attached hydrogen (secondary N) is 2. The number of ether oxygens (including phenoxy) is 3. The molecule has 0 amide bonds. The number of benzene rings is 1. The summed E-state index contributed by atoms with van der Waals surface area (Å²) in [5.41, 5.74) is 2.16. The quantitative estimate of drug-likeness (QED) is 0.200. The van der Waals surface area contributed by atoms with Gasteiger partial charge in [-0.2, -0.15) is 0 Å². The van der Waals surface area contributed by atoms with Gasteiger partial charge in [0, 0.05) is 31.9 Å². The fourth-order valence-electron chi connectivity index (χ4n) is 2.76. The van der Waals surface area contributed by atoms with Crippen molar-refractivity contribution in [2.75, 3.05) is 34.4 Å². The normalized spacial score (nSPS) is 10.7. The molecule has 2 N–H and O–H groups in total. The first-order chi connectivity index (χ1) is 14.2. The Balaban J connectivity index is 0.00000450. The molecule has 0 unspecified atom stereocenters. The minimum atomic E-state index is 0. The van der Waals surface area contributed by atoms with Gasteiger partial charge in [-0.15, -0.1) is 24.0 Å². The molecule has 2 rings (SSSR count). The zero-order chi connectivity index (χ0) is 20.9. The van der Waals surface area contributed by atoms with E-state index in [0.29, 0.717) is 19.0 Å². The fourth-order valence-corrected chi connectivity index (χ4v) is 2.76. The summed E-state index contributed by atoms with van der Waals surface area (Å²) in [4.78, 5) is 8.63. The molecule has 0 radical (unpaired) electrons. The number of nitrogens with zero attached hydrogens (tertiary/aromatic N) is 2. The van der Waals surface area contributed by atoms with Gasteiger partial charge in [0.1, 0.15) is 0 Å². The molecule has 30 heavy (non-hydrogen) atoms. The van der Waals surface area contributed by atoms with Crippen LogP contribution >= 0.6 is 24.0 Å². The number of aromatic nitrogens is 1. The molecule has 0 saturated carbocycles. The van der Waals surface area contributed by atoms with Crippen LogP contribution in [0.3, 0.4) is 0 Å². The van der Waals surface area contributed by atoms with E-state index in [2.05, 4.69) is 27.5 Å². The van der Waals surface area contributed by atoms with Gasteiger partial charge in [0.2, 0.25) is 5.88 Å². The number of halogens is 1. The predicted molar refractivity (Wildman–Crippen MR) is 132 cm³/mol. The Morgan fingerprint density at radius 3 is 2.60 bits per heavy atom. The summed E-state index contributed by atoms with van der Waals surface area (Å²) in [6, 6.07) is 9.87. The average Bonchev–Trinajstić information content (AvgIpc) is 2.76. The van der Waals surface area contributed by atoms with Crippen molar-refractivity contribution < 1.29 is 14.2 Å². The van der Waals surface area contributed by atoms with E-state index in [1.807, 2.05) is 30.3 Å². The minimum Gasteiger partial charge on any atom is -0.493 e. The van der Waals surface area contributed by atoms with Crippen LogP contribution in [0.1, 0.15) is 30.9 Å². The Labute approximate surface area is 196 Å². The standard InChI is InChI=1S/C22H32N4O3.HI/c1-5-6-14-29-21-18(8-7-12-24-21)16-26-22(23-2)25-13-11-17-9-10-19(27-3)20(15-17)28-4;/h7-10,12,15H,5-6,11,13-14,16H2,1-4H3,(H2,23,25,26);1H. The molecule has 0 saturated heterocycles. The number of unbranched alkanes of at least 4 members (excludes halogenated alkanes) is 1. The van der Waals surface area contributed by atoms with Gasteiger partial charge >= 0.3 is 0 Å². The number of rotatable bonds is 11. The van der Waals surface area contributed by atoms with Gasteiger partial charge in [-0.1, -0.05) is 25.5 Å². The summed E-state index contributed by atoms with van der Waals surface area (Å²) >= 11 is 0. The first kappa shape index (κ1) is 25.8. The van der Waals surface area contributed by atoms with Gasteiger partial charge in [0.25, 0.3) is 0 Å². The Morgan fingerprint density at radius 2 is 1.90 bits per heavy atom. The lowest BCUT2D eigenvalue weighted by atomic mass is 10.1. The molecule has 1 aromatic carbocycles. The molecule has 0 spiro atoms. The van der Waals surface area contributed by atoms with Crippen LogP contribution in [0.5, 0.6) is 17.4 Å². The van der Waals surface area contributed by atoms with E-state index in [1.165, 1.54) is 0 Å². The van der Waals surface area contributed by atoms with E-state index in [1.54, 1.807) is 27.5 Å². The predicted octanol–water partition coefficient (Wildman–Crippen LogP) is 3.80. The maximum absolute atomic E-state index is 5.79. The van der Waals surface area contributed by atoms with Crippen LogP contribution in [-0.2, 0) is 13.0 Å². The van der Waals surface area contributed by atoms with Gasteiger partial charge in [-0.25, -0.2) is 4.98 Å². The van der Waals surface area contributed by atoms with Crippen LogP contribution in [-0.4, -0.2) is 45.4 Å². The van der Waals surface area contributed by atoms with Crippen molar-refractivity contribution in [2.45, 2.75) is 32.7 Å². The molecular weight excluding hydrogens is 495 g/mol. The monoisotopic (exact) mass is 528 g/mol. The molecule has 1 heterocycles. The molecule has 7 nitrogen and oxygen atoms in total. The highest BCUT2D eigenvalue weighted by Crippen LogP contribution is 2.27. The molecule has 0 atom stereocenters. The topological polar surface area (TPSA) is 77.0 Å². The molecule has 2 aromatic rings. The van der Waals surface area contributed by atoms with E-state index >= 15 is 0 Å². The summed E-state index contributed by atoms with van der Waals surface area (Å²) in [5, 5.41) is 6.65. The second kappa shape index (κ2) is 14.7. The molecule has 0 aliphatic rings. The number of hydrogen-bond acceptors (Lipinski definition) is 5. The van der Waals surface area contributed by atoms with Crippen LogP contribution in [0.15, 0.2) is 41.5 Å². The highest BCUT2D eigenvalue weighted by atomic mass is 127. The third-order valence-corrected chi connectivity index (χ3v) is 4.41. The van der Waals surface area contributed by atoms with Gasteiger partial charge < -0.3 is 24.8 Å². The van der Waals surface area contributed by atoms with Crippen LogP contribution in [0.4, 0.5) is 0 Å². The zero-order valence-electron chi connectivity index (χ0n) is 18.2. The second-order valence-corrected chi connectivity index (χ2v) is 6.46. The summed E-state index contributed by atoms with van der Waals surface area (Å²) in [7, 11) is 5.04. The van der Waals surface area contributed by atoms with Gasteiger partial charge in [-0.05, 0) is 36.6 Å². The van der Waals surface area contributed by atoms with E-state index in [0.717, 1.165) is 54.4 Å². The molecule has 0 fully saturated rings. The van der Waals surface area contributed by atoms with Crippen LogP contribution in [0.2, 0.25) is 0 Å². The third-order valence-electron chi connectivity index (χ3n) is 4.41. The van der Waals surface area contributed by atoms with Gasteiger partial charge in [0.15, 0.2) is 17.5 Å². The molecule has 0 bridgehead atoms. The maximum Gasteiger partial charge on any atom is 0.218 e. The second-order valence-electron chi connectivity index (χ2n) is 6.46. The fraction of sp³-hybridized carbons (Fsp3) is 0.455. The van der Waals surface area contributed by atoms with Crippen molar-refractivity contribution in [3.05, 3.63) is 47.7 Å². The van der Waals surface area contributed by atoms with Crippen molar-refractivity contribution in [1.29, 1.82) is 0 Å². The molecule has 0 aliphatic carbocycles. The van der Waals surface area contributed by atoms with Crippen LogP contribution < -0.4 is 24.8 Å². The number of hydrogen-bond donors (Lipinski definition) is 2. The number of pyridine rings is 1. The van der Waals surface area contributed by atoms with E-state index in [9.17, 15) is 0 Å². The highest BCUT2D eigenvalue weighted by molar-refractivity contribution is 14.0. The van der Waals surface area contributed by atoms with Crippen molar-refractivity contribution in [2.24, 2.45) is 4.99 Å². The Hall–Kier alpha value is -2.23. The van der Waals surface area contributed by atoms with Gasteiger partial charge in [-0.3, -0.25) is 4.99 Å². The Morgan fingerprint density at radius 1 is 1.10 bits per heavy atom. The SMILES string of the molecule is CCCCOc1ncccc1CNC(=NC)NCCc1ccc(OC)c(OC)c1.I. The lowest BCUT2D eigenvalue weighted by molar-refractivity contribution is 0.294. The Bertz CT molecular complexity index is 787. The molecule has 1 aromatic heterocycles. The van der Waals surface area contributed by atoms with Crippen molar-refractivity contribution in [1.82, 2.24) is 15.6 Å². The zero-order valence-corrected chi connectivity index (χ0v) is 20.6. The largest absolute Gasteiger partial charge is 0.493 e. The number of aliphatic imine (C=N–C) groups is 1. The van der Waals surface area contributed by atoms with E-state index in [-0.39, 0.29) is 24.0 Å². The first-order valence-electron chi connectivity index (χ1n) is 9.93. The molecule has 8 heteroatoms. The van der Waals surface area contributed by atoms with Crippen LogP contribution in [0, 0.1) is 0 Å². The van der Waals surface area contributed by atoms with E-state index < -0.39 is 0 Å². The molecule has 0 aliphatic heterocycles. The van der Waals surface area contributed by atoms with Crippen molar-refractivity contribution in [3.8, 4) is 17.4 Å². The molecular formula is C22H33IN4O3. The smallest absolute Gasteiger partial charge is 0.218 e. The summed E-state index contributed by atoms with van der Waals surface area (Å²) in [6.07, 6.45) is 4.69. The summed E-state index contributed by atoms with van der Waals surface area (Å²) < 4.78 is 16.4. The number of guanidine groups is 1. The minimum absolute atomic E-state index is 0. The van der Waals surface area contributed by atoms with Crippen molar-refractivity contribution >= 4 is 29.9 Å². The van der Waals surface area contributed by atoms with Gasteiger partial charge in [0.05, 0.1) is 20.8 Å². The van der Waals surface area contributed by atoms with Crippen LogP contribution in [0.25, 0.3) is 0 Å². The Kier molecular flexibility index (Phi) is 12.6. The first-order valence-corrected chi connectivity index (χ1v) is 9.93. The van der Waals surface area contributed by atoms with E-state index in [4.69, 9.17) is 14.2 Å². The molecule has 166 valence electrons. The number of methoxy groups -OCH3 is 2. The highest BCUT2D eigenvalue weighted by Gasteiger charge is 2.07. The van der Waals surface area contributed by atoms with Crippen molar-refractivity contribution in [3.63, 3.8) is 0 Å². The maximum atomic E-state index is 5.79. The lowest BCUT2D eigenvalue weighted by Crippen LogP contribution is -2.38. The average molecular weight is 528 g/mol. The third kappa shape index (κ3) is 8.25. The summed E-state index contributed by atoms with van der Waals surface area (Å²) in [5.74, 6) is 2.87. The lowest BCUT2D eigenvalue weighted by Gasteiger charge is -2.14.